The van der Waals surface area contributed by atoms with Crippen LogP contribution in [0.1, 0.15) is 64.1 Å². The molecule has 2 amide bonds. The second-order valence-electron chi connectivity index (χ2n) is 8.56. The van der Waals surface area contributed by atoms with E-state index in [9.17, 15) is 24.6 Å². The first-order valence-corrected chi connectivity index (χ1v) is 12.0. The fraction of sp³-hybridized carbons (Fsp3) is 0.667. The highest BCUT2D eigenvalue weighted by Crippen LogP contribution is 2.32. The minimum absolute atomic E-state index is 0.136. The van der Waals surface area contributed by atoms with E-state index in [0.29, 0.717) is 6.54 Å². The molecule has 1 aromatic heterocycles. The average molecular weight is 463 g/mol. The summed E-state index contributed by atoms with van der Waals surface area (Å²) < 4.78 is 0. The number of ketones is 1. The number of nitrogens with zero attached hydrogens (tertiary/aromatic N) is 2. The molecule has 1 aromatic rings. The summed E-state index contributed by atoms with van der Waals surface area (Å²) >= 11 is 0. The first kappa shape index (κ1) is 26.6. The van der Waals surface area contributed by atoms with Gasteiger partial charge in [-0.25, -0.2) is 9.78 Å². The minimum atomic E-state index is -1.47. The largest absolute Gasteiger partial charge is 0.481 e. The molecule has 1 saturated heterocycles. The highest BCUT2D eigenvalue weighted by Gasteiger charge is 2.44. The van der Waals surface area contributed by atoms with Crippen LogP contribution in [-0.2, 0) is 22.4 Å². The lowest BCUT2D eigenvalue weighted by Crippen LogP contribution is -2.54. The van der Waals surface area contributed by atoms with Crippen LogP contribution in [0.2, 0.25) is 0 Å². The summed E-state index contributed by atoms with van der Waals surface area (Å²) in [5.74, 6) is -1.63. The van der Waals surface area contributed by atoms with Crippen LogP contribution < -0.4 is 10.6 Å². The van der Waals surface area contributed by atoms with Gasteiger partial charge in [0.1, 0.15) is 11.6 Å². The first-order chi connectivity index (χ1) is 15.8. The number of likely N-dealkylation sites (tertiary alicyclic amines) is 1. The van der Waals surface area contributed by atoms with Gasteiger partial charge >= 0.3 is 12.0 Å². The number of aryl methyl sites for hydroxylation is 2. The Bertz CT molecular complexity index is 821. The van der Waals surface area contributed by atoms with E-state index in [1.807, 2.05) is 19.9 Å². The lowest BCUT2D eigenvalue weighted by molar-refractivity contribution is -0.158. The SMILES string of the molecule is CC.CC(=O)C[C@H](C(=O)O)C1(O)CCN(C(=O)NCCCc2ccc3c(n2)NCCC3)CC1. The molecule has 9 heteroatoms. The fourth-order valence-electron chi connectivity index (χ4n) is 4.32. The van der Waals surface area contributed by atoms with Crippen LogP contribution in [0.3, 0.4) is 0 Å². The number of aromatic nitrogens is 1. The van der Waals surface area contributed by atoms with Crippen LogP contribution in [0.4, 0.5) is 10.6 Å². The Morgan fingerprint density at radius 1 is 1.24 bits per heavy atom. The van der Waals surface area contributed by atoms with Crippen molar-refractivity contribution in [2.24, 2.45) is 5.92 Å². The number of carbonyl (C=O) groups excluding carboxylic acids is 2. The maximum Gasteiger partial charge on any atom is 0.317 e. The molecule has 184 valence electrons. The Morgan fingerprint density at radius 2 is 1.94 bits per heavy atom. The van der Waals surface area contributed by atoms with Gasteiger partial charge in [-0.05, 0) is 57.1 Å². The number of nitrogens with one attached hydrogen (secondary N) is 2. The van der Waals surface area contributed by atoms with Crippen molar-refractivity contribution in [1.29, 1.82) is 0 Å². The number of piperidine rings is 1. The first-order valence-electron chi connectivity index (χ1n) is 12.0. The Labute approximate surface area is 196 Å². The molecule has 0 spiro atoms. The monoisotopic (exact) mass is 462 g/mol. The van der Waals surface area contributed by atoms with E-state index in [1.165, 1.54) is 12.5 Å². The predicted molar refractivity (Wildman–Crippen MR) is 126 cm³/mol. The molecule has 33 heavy (non-hydrogen) atoms. The number of Topliss-reactive ketones (excluding diaryl/α,β-unsaturated/α-hetero) is 1. The number of fused-ring (bicyclic) bond motifs is 1. The van der Waals surface area contributed by atoms with Gasteiger partial charge in [0.15, 0.2) is 0 Å². The van der Waals surface area contributed by atoms with Crippen molar-refractivity contribution >= 4 is 23.6 Å². The van der Waals surface area contributed by atoms with Crippen LogP contribution in [0.15, 0.2) is 12.1 Å². The van der Waals surface area contributed by atoms with Gasteiger partial charge in [-0.2, -0.15) is 0 Å². The summed E-state index contributed by atoms with van der Waals surface area (Å²) in [5, 5.41) is 26.4. The number of pyridine rings is 1. The van der Waals surface area contributed by atoms with Crippen molar-refractivity contribution in [3.63, 3.8) is 0 Å². The van der Waals surface area contributed by atoms with Crippen LogP contribution in [0, 0.1) is 5.92 Å². The van der Waals surface area contributed by atoms with Crippen molar-refractivity contribution in [1.82, 2.24) is 15.2 Å². The van der Waals surface area contributed by atoms with Crippen LogP contribution in [0.25, 0.3) is 0 Å². The van der Waals surface area contributed by atoms with Crippen molar-refractivity contribution in [2.75, 3.05) is 31.5 Å². The van der Waals surface area contributed by atoms with Crippen molar-refractivity contribution in [2.45, 2.75) is 71.3 Å². The smallest absolute Gasteiger partial charge is 0.317 e. The van der Waals surface area contributed by atoms with Gasteiger partial charge < -0.3 is 30.5 Å². The normalized spacial score (nSPS) is 17.5. The number of aliphatic carboxylic acids is 1. The molecule has 0 saturated carbocycles. The number of carbonyl (C=O) groups is 3. The van der Waals surface area contributed by atoms with Gasteiger partial charge in [0.05, 0.1) is 11.5 Å². The maximum absolute atomic E-state index is 12.4. The summed E-state index contributed by atoms with van der Waals surface area (Å²) in [4.78, 5) is 41.6. The number of hydrogen-bond acceptors (Lipinski definition) is 6. The summed E-state index contributed by atoms with van der Waals surface area (Å²) in [7, 11) is 0. The molecule has 3 heterocycles. The quantitative estimate of drug-likeness (QED) is 0.437. The molecule has 0 bridgehead atoms. The Kier molecular flexibility index (Phi) is 10.1. The Morgan fingerprint density at radius 3 is 2.58 bits per heavy atom. The third kappa shape index (κ3) is 7.42. The van der Waals surface area contributed by atoms with Crippen molar-refractivity contribution < 1.29 is 24.6 Å². The van der Waals surface area contributed by atoms with Gasteiger partial charge in [-0.1, -0.05) is 19.9 Å². The lowest BCUT2D eigenvalue weighted by Gasteiger charge is -2.41. The molecule has 4 N–H and O–H groups in total. The molecule has 9 nitrogen and oxygen atoms in total. The zero-order chi connectivity index (χ0) is 24.4. The van der Waals surface area contributed by atoms with Crippen molar-refractivity contribution in [3.05, 3.63) is 23.4 Å². The molecule has 0 aromatic carbocycles. The number of rotatable bonds is 8. The van der Waals surface area contributed by atoms with Crippen LogP contribution in [0.5, 0.6) is 0 Å². The predicted octanol–water partition coefficient (Wildman–Crippen LogP) is 2.61. The maximum atomic E-state index is 12.4. The highest BCUT2D eigenvalue weighted by molar-refractivity contribution is 5.83. The number of anilines is 1. The molecule has 3 rings (SSSR count). The van der Waals surface area contributed by atoms with E-state index >= 15 is 0 Å². The van der Waals surface area contributed by atoms with E-state index in [-0.39, 0.29) is 44.2 Å². The Hall–Kier alpha value is -2.68. The number of urea groups is 1. The molecule has 2 aliphatic heterocycles. The van der Waals surface area contributed by atoms with E-state index in [2.05, 4.69) is 21.7 Å². The molecule has 0 unspecified atom stereocenters. The highest BCUT2D eigenvalue weighted by atomic mass is 16.4. The summed E-state index contributed by atoms with van der Waals surface area (Å²) in [5.41, 5.74) is 0.776. The lowest BCUT2D eigenvalue weighted by atomic mass is 9.77. The van der Waals surface area contributed by atoms with Gasteiger partial charge in [-0.3, -0.25) is 4.79 Å². The average Bonchev–Trinajstić information content (AvgIpc) is 2.81. The third-order valence-corrected chi connectivity index (χ3v) is 6.19. The number of hydrogen-bond donors (Lipinski definition) is 4. The van der Waals surface area contributed by atoms with Gasteiger partial charge in [0, 0.05) is 38.3 Å². The summed E-state index contributed by atoms with van der Waals surface area (Å²) in [6.45, 7) is 7.28. The van der Waals surface area contributed by atoms with Crippen molar-refractivity contribution in [3.8, 4) is 0 Å². The van der Waals surface area contributed by atoms with E-state index < -0.39 is 17.5 Å². The fourth-order valence-corrected chi connectivity index (χ4v) is 4.32. The Balaban J connectivity index is 0.00000187. The zero-order valence-electron chi connectivity index (χ0n) is 20.0. The third-order valence-electron chi connectivity index (χ3n) is 6.19. The van der Waals surface area contributed by atoms with E-state index in [0.717, 1.165) is 43.7 Å². The standard InChI is InChI=1S/C22H32N4O5.C2H6/c1-15(27)14-18(20(28)29)22(31)8-12-26(13-9-22)21(30)24-11-3-5-17-7-6-16-4-2-10-23-19(16)25-17;1-2/h6-7,18,31H,2-5,8-14H2,1H3,(H,23,25)(H,24,30)(H,28,29);1-2H3/t18-;/m1./s1. The molecule has 0 aliphatic carbocycles. The van der Waals surface area contributed by atoms with Gasteiger partial charge in [-0.15, -0.1) is 0 Å². The number of carboxylic acids is 1. The number of aliphatic hydroxyl groups is 1. The second-order valence-corrected chi connectivity index (χ2v) is 8.56. The molecular weight excluding hydrogens is 424 g/mol. The molecule has 1 atom stereocenters. The summed E-state index contributed by atoms with van der Waals surface area (Å²) in [6, 6.07) is 3.94. The topological polar surface area (TPSA) is 132 Å². The molecule has 0 radical (unpaired) electrons. The minimum Gasteiger partial charge on any atom is -0.481 e. The zero-order valence-corrected chi connectivity index (χ0v) is 20.0. The second kappa shape index (κ2) is 12.5. The summed E-state index contributed by atoms with van der Waals surface area (Å²) in [6.07, 6.45) is 3.77. The van der Waals surface area contributed by atoms with Gasteiger partial charge in [0.25, 0.3) is 0 Å². The van der Waals surface area contributed by atoms with E-state index in [1.54, 1.807) is 4.90 Å². The van der Waals surface area contributed by atoms with Gasteiger partial charge in [0.2, 0.25) is 0 Å². The molecular formula is C24H38N4O5. The molecule has 2 aliphatic rings. The number of amides is 2. The molecule has 1 fully saturated rings. The van der Waals surface area contributed by atoms with E-state index in [4.69, 9.17) is 0 Å². The van der Waals surface area contributed by atoms with Crippen LogP contribution >= 0.6 is 0 Å². The van der Waals surface area contributed by atoms with Crippen LogP contribution in [-0.4, -0.2) is 69.7 Å². The number of carboxylic acid groups (broad SMARTS) is 1.